The van der Waals surface area contributed by atoms with E-state index in [0.717, 1.165) is 131 Å². The van der Waals surface area contributed by atoms with Crippen molar-refractivity contribution in [2.24, 2.45) is 0 Å². The first-order valence-electron chi connectivity index (χ1n) is 22.5. The van der Waals surface area contributed by atoms with Gasteiger partial charge in [-0.05, 0) is 90.1 Å². The Kier molecular flexibility index (Phi) is 13.3. The van der Waals surface area contributed by atoms with Crippen molar-refractivity contribution in [1.29, 1.82) is 0 Å². The minimum Gasteiger partial charge on any atom is -0.485 e. The molecule has 4 aliphatic rings. The highest BCUT2D eigenvalue weighted by molar-refractivity contribution is 7.29. The van der Waals surface area contributed by atoms with E-state index in [1.54, 1.807) is 45.3 Å². The van der Waals surface area contributed by atoms with Crippen LogP contribution in [0.4, 0.5) is 0 Å². The van der Waals surface area contributed by atoms with Gasteiger partial charge in [-0.25, -0.2) is 0 Å². The summed E-state index contributed by atoms with van der Waals surface area (Å²) < 4.78 is 48.9. The van der Waals surface area contributed by atoms with Gasteiger partial charge in [0.05, 0.1) is 63.4 Å². The fourth-order valence-corrected chi connectivity index (χ4v) is 12.9. The van der Waals surface area contributed by atoms with Gasteiger partial charge in [0, 0.05) is 21.1 Å². The van der Waals surface area contributed by atoms with Crippen LogP contribution in [0, 0.1) is 27.7 Å². The van der Waals surface area contributed by atoms with E-state index in [4.69, 9.17) is 37.9 Å². The number of ether oxygens (including phenoxy) is 8. The first-order valence-corrected chi connectivity index (χ1v) is 25.8. The molecule has 4 aliphatic heterocycles. The molecule has 0 saturated heterocycles. The molecule has 0 aliphatic carbocycles. The summed E-state index contributed by atoms with van der Waals surface area (Å²) in [5.41, 5.74) is 8.88. The fourth-order valence-electron chi connectivity index (χ4n) is 8.08. The number of nitrogens with one attached hydrogen (secondary N) is 4. The lowest BCUT2D eigenvalue weighted by Crippen LogP contribution is -2.16. The Labute approximate surface area is 410 Å². The zero-order valence-corrected chi connectivity index (χ0v) is 41.9. The molecule has 352 valence electrons. The van der Waals surface area contributed by atoms with Gasteiger partial charge in [-0.3, -0.25) is 0 Å². The van der Waals surface area contributed by atoms with Crippen LogP contribution in [0.1, 0.15) is 35.0 Å². The summed E-state index contributed by atoms with van der Waals surface area (Å²) in [6.45, 7) is 16.3. The van der Waals surface area contributed by atoms with Crippen LogP contribution in [0.25, 0.3) is 63.4 Å². The molecule has 0 unspecified atom stereocenters. The molecule has 12 nitrogen and oxygen atoms in total. The Balaban J connectivity index is 0.000000151. The predicted molar refractivity (Wildman–Crippen MR) is 276 cm³/mol. The minimum absolute atomic E-state index is 0.484. The minimum atomic E-state index is 0.484. The van der Waals surface area contributed by atoms with Crippen molar-refractivity contribution in [3.05, 3.63) is 106 Å². The van der Waals surface area contributed by atoms with Crippen LogP contribution in [-0.4, -0.2) is 72.8 Å². The number of hydrogen-bond donors (Lipinski definition) is 4. The summed E-state index contributed by atoms with van der Waals surface area (Å²) in [5, 5.41) is 0. The van der Waals surface area contributed by atoms with Gasteiger partial charge in [0.1, 0.15) is 52.9 Å². The number of aromatic nitrogens is 4. The normalized spacial score (nSPS) is 14.6. The summed E-state index contributed by atoms with van der Waals surface area (Å²) in [5.74, 6) is 6.19. The summed E-state index contributed by atoms with van der Waals surface area (Å²) in [4.78, 5) is 21.7. The Morgan fingerprint density at radius 1 is 0.324 bits per heavy atom. The molecule has 0 aromatic carbocycles. The highest BCUT2D eigenvalue weighted by Crippen LogP contribution is 2.65. The van der Waals surface area contributed by atoms with Gasteiger partial charge < -0.3 is 57.8 Å². The molecule has 0 spiro atoms. The maximum atomic E-state index is 6.25. The highest BCUT2D eigenvalue weighted by Gasteiger charge is 2.37. The highest BCUT2D eigenvalue weighted by atomic mass is 32.1. The third-order valence-electron chi connectivity index (χ3n) is 11.2. The van der Waals surface area contributed by atoms with Crippen molar-refractivity contribution in [2.75, 3.05) is 52.9 Å². The number of hydrogen-bond acceptors (Lipinski definition) is 12. The lowest BCUT2D eigenvalue weighted by molar-refractivity contribution is 0.170. The molecule has 0 amide bonds. The number of thiophene rings is 4. The van der Waals surface area contributed by atoms with E-state index in [1.165, 1.54) is 0 Å². The third kappa shape index (κ3) is 9.00. The lowest BCUT2D eigenvalue weighted by atomic mass is 10.2. The number of rotatable bonds is 8. The second-order valence-electron chi connectivity index (χ2n) is 16.0. The largest absolute Gasteiger partial charge is 0.485 e. The monoisotopic (exact) mass is 988 g/mol. The predicted octanol–water partition coefficient (Wildman–Crippen LogP) is 13.9. The molecule has 0 radical (unpaired) electrons. The molecule has 12 heterocycles. The van der Waals surface area contributed by atoms with E-state index >= 15 is 0 Å². The third-order valence-corrected chi connectivity index (χ3v) is 16.1. The van der Waals surface area contributed by atoms with E-state index in [2.05, 4.69) is 96.2 Å². The van der Waals surface area contributed by atoms with Crippen molar-refractivity contribution in [2.45, 2.75) is 41.5 Å². The fraction of sp³-hybridized carbons (Fsp3) is 0.269. The van der Waals surface area contributed by atoms with Gasteiger partial charge in [-0.2, -0.15) is 0 Å². The molecule has 0 saturated carbocycles. The van der Waals surface area contributed by atoms with Crippen LogP contribution in [0.15, 0.2) is 85.0 Å². The van der Waals surface area contributed by atoms with Gasteiger partial charge in [0.25, 0.3) is 0 Å². The Morgan fingerprint density at radius 2 is 0.574 bits per heavy atom. The van der Waals surface area contributed by atoms with Crippen molar-refractivity contribution in [3.8, 4) is 109 Å². The molecule has 0 atom stereocenters. The van der Waals surface area contributed by atoms with Crippen LogP contribution in [0.2, 0.25) is 0 Å². The number of fused-ring (bicyclic) bond motifs is 4. The van der Waals surface area contributed by atoms with Gasteiger partial charge in [-0.1, -0.05) is 36.5 Å². The van der Waals surface area contributed by atoms with Crippen LogP contribution < -0.4 is 37.9 Å². The van der Waals surface area contributed by atoms with Crippen LogP contribution in [0.3, 0.4) is 0 Å². The first kappa shape index (κ1) is 45.3. The molecule has 0 fully saturated rings. The molecule has 16 heteroatoms. The summed E-state index contributed by atoms with van der Waals surface area (Å²) in [6.07, 6.45) is 12.0. The molecule has 12 rings (SSSR count). The number of allylic oxidation sites excluding steroid dienone is 6. The zero-order valence-electron chi connectivity index (χ0n) is 38.6. The Bertz CT molecular complexity index is 2940. The Morgan fingerprint density at radius 3 is 0.853 bits per heavy atom. The topological polar surface area (TPSA) is 137 Å². The van der Waals surface area contributed by atoms with Gasteiger partial charge in [0.15, 0.2) is 46.0 Å². The van der Waals surface area contributed by atoms with Crippen molar-refractivity contribution < 1.29 is 37.9 Å². The zero-order chi connectivity index (χ0) is 46.7. The van der Waals surface area contributed by atoms with E-state index < -0.39 is 0 Å². The van der Waals surface area contributed by atoms with E-state index in [-0.39, 0.29) is 0 Å². The standard InChI is InChI=1S/C26H22O8S4.C18H18N4.C8H12/c1-11-13-15(29-5-3-27-13)21(35-11)23-17-19(33-9-7-31-17)25(37-23)26-20-18(32-8-10-34-20)24(38-26)22-16-14(12(2)36-22)28-4-6-30-16;1-11-3-5-13(19-11)15-7-9-17(21-15)18-10-8-16(22-18)14-6-4-12(2)20-14;1-3-5-7-8-6-4-2/h3-10H2,1-2H3;3-10,19-22H,1-2H3;3-8H,1-2H3/b;;5-3+,6-4+,8-7+. The summed E-state index contributed by atoms with van der Waals surface area (Å²) >= 11 is 6.57. The van der Waals surface area contributed by atoms with Crippen molar-refractivity contribution in [1.82, 2.24) is 19.9 Å². The maximum Gasteiger partial charge on any atom is 0.181 e. The summed E-state index contributed by atoms with van der Waals surface area (Å²) in [7, 11) is 0. The van der Waals surface area contributed by atoms with Crippen LogP contribution in [0.5, 0.6) is 46.0 Å². The molecule has 8 aromatic rings. The van der Waals surface area contributed by atoms with Crippen LogP contribution in [-0.2, 0) is 0 Å². The molecule has 0 bridgehead atoms. The van der Waals surface area contributed by atoms with E-state index in [9.17, 15) is 0 Å². The van der Waals surface area contributed by atoms with Gasteiger partial charge in [0.2, 0.25) is 0 Å². The molecular formula is C52H52N4O8S4. The second-order valence-corrected chi connectivity index (χ2v) is 20.5. The van der Waals surface area contributed by atoms with Gasteiger partial charge >= 0.3 is 0 Å². The Hall–Kier alpha value is -6.46. The van der Waals surface area contributed by atoms with Gasteiger partial charge in [-0.15, -0.1) is 45.3 Å². The number of aryl methyl sites for hydroxylation is 4. The van der Waals surface area contributed by atoms with E-state index in [0.29, 0.717) is 52.9 Å². The molecule has 4 N–H and O–H groups in total. The average Bonchev–Trinajstić information content (AvgIpc) is 4.24. The maximum absolute atomic E-state index is 6.25. The first-order chi connectivity index (χ1) is 33.3. The van der Waals surface area contributed by atoms with Crippen molar-refractivity contribution in [3.63, 3.8) is 0 Å². The number of H-pyrrole nitrogens is 4. The average molecular weight is 989 g/mol. The SMILES string of the molecule is C/C=C/C=C/C=C/C.Cc1ccc(-c2ccc(-c3ccc(-c4ccc(C)[nH]4)[nH]3)[nH]2)[nH]1.Cc1sc(-c2sc(-c3sc(-c4sc(C)c5c4OCCO5)c4c3OCCO4)c3c2OCCO3)c2c1OCCO2. The summed E-state index contributed by atoms with van der Waals surface area (Å²) in [6, 6.07) is 16.7. The molecule has 68 heavy (non-hydrogen) atoms. The van der Waals surface area contributed by atoms with Crippen molar-refractivity contribution >= 4 is 45.3 Å². The smallest absolute Gasteiger partial charge is 0.181 e. The molecule has 8 aromatic heterocycles. The lowest BCUT2D eigenvalue weighted by Gasteiger charge is -2.19. The van der Waals surface area contributed by atoms with E-state index in [1.807, 2.05) is 50.3 Å². The number of aromatic amines is 4. The van der Waals surface area contributed by atoms with Crippen LogP contribution >= 0.6 is 45.3 Å². The second kappa shape index (κ2) is 20.0. The molecular weight excluding hydrogens is 937 g/mol. The quantitative estimate of drug-likeness (QED) is 0.111.